The van der Waals surface area contributed by atoms with Crippen molar-refractivity contribution in [3.8, 4) is 5.75 Å². The van der Waals surface area contributed by atoms with Crippen molar-refractivity contribution >= 4 is 24.4 Å². The van der Waals surface area contributed by atoms with E-state index in [1.165, 1.54) is 5.48 Å². The Hall–Kier alpha value is -1.94. The van der Waals surface area contributed by atoms with Crippen LogP contribution in [0.2, 0.25) is 0 Å². The SMILES string of the molecule is O=C(NC(CS)C(=O)NO)c1ccc(OC(F)(F)F)cc1. The first-order valence-electron chi connectivity index (χ1n) is 5.48. The Morgan fingerprint density at radius 3 is 2.29 bits per heavy atom. The van der Waals surface area contributed by atoms with Gasteiger partial charge in [0, 0.05) is 11.3 Å². The standard InChI is InChI=1S/C11H11F3N2O4S/c12-11(13,14)20-7-3-1-6(2-4-7)9(17)15-8(5-21)10(18)16-19/h1-4,8,19,21H,5H2,(H,15,17)(H,16,18). The van der Waals surface area contributed by atoms with Gasteiger partial charge >= 0.3 is 6.36 Å². The van der Waals surface area contributed by atoms with Gasteiger partial charge in [0.15, 0.2) is 0 Å². The van der Waals surface area contributed by atoms with Gasteiger partial charge in [-0.25, -0.2) is 5.48 Å². The van der Waals surface area contributed by atoms with Crippen LogP contribution in [0.5, 0.6) is 5.75 Å². The second-order valence-corrected chi connectivity index (χ2v) is 4.12. The zero-order valence-electron chi connectivity index (χ0n) is 10.3. The maximum absolute atomic E-state index is 12.0. The van der Waals surface area contributed by atoms with Crippen molar-refractivity contribution in [2.24, 2.45) is 0 Å². The summed E-state index contributed by atoms with van der Waals surface area (Å²) in [7, 11) is 0. The fourth-order valence-corrected chi connectivity index (χ4v) is 1.58. The summed E-state index contributed by atoms with van der Waals surface area (Å²) in [4.78, 5) is 22.9. The van der Waals surface area contributed by atoms with Gasteiger partial charge in [0.1, 0.15) is 11.8 Å². The van der Waals surface area contributed by atoms with Crippen LogP contribution in [0.3, 0.4) is 0 Å². The summed E-state index contributed by atoms with van der Waals surface area (Å²) >= 11 is 3.83. The minimum Gasteiger partial charge on any atom is -0.406 e. The quantitative estimate of drug-likeness (QED) is 0.371. The Balaban J connectivity index is 2.73. The summed E-state index contributed by atoms with van der Waals surface area (Å²) in [6.45, 7) is 0. The molecule has 116 valence electrons. The van der Waals surface area contributed by atoms with Gasteiger partial charge in [0.25, 0.3) is 11.8 Å². The summed E-state index contributed by atoms with van der Waals surface area (Å²) in [6.07, 6.45) is -4.82. The van der Waals surface area contributed by atoms with E-state index in [1.807, 2.05) is 0 Å². The Bertz CT molecular complexity index is 507. The topological polar surface area (TPSA) is 87.7 Å². The van der Waals surface area contributed by atoms with Gasteiger partial charge < -0.3 is 10.1 Å². The minimum atomic E-state index is -4.82. The van der Waals surface area contributed by atoms with E-state index in [1.54, 1.807) is 0 Å². The first kappa shape index (κ1) is 17.1. The summed E-state index contributed by atoms with van der Waals surface area (Å²) in [6, 6.07) is 3.04. The fraction of sp³-hybridized carbons (Fsp3) is 0.273. The zero-order valence-corrected chi connectivity index (χ0v) is 11.2. The van der Waals surface area contributed by atoms with Crippen LogP contribution in [0, 0.1) is 0 Å². The molecule has 0 aliphatic rings. The van der Waals surface area contributed by atoms with Crippen molar-refractivity contribution in [3.05, 3.63) is 29.8 Å². The molecule has 0 bridgehead atoms. The molecule has 1 rings (SSSR count). The molecule has 0 radical (unpaired) electrons. The zero-order chi connectivity index (χ0) is 16.0. The molecule has 0 spiro atoms. The van der Waals surface area contributed by atoms with E-state index in [0.717, 1.165) is 24.3 Å². The van der Waals surface area contributed by atoms with Crippen LogP contribution in [-0.4, -0.2) is 35.2 Å². The Kier molecular flexibility index (Phi) is 5.85. The van der Waals surface area contributed by atoms with E-state index in [-0.39, 0.29) is 11.3 Å². The van der Waals surface area contributed by atoms with Gasteiger partial charge in [-0.3, -0.25) is 14.8 Å². The summed E-state index contributed by atoms with van der Waals surface area (Å²) in [5.41, 5.74) is 1.38. The highest BCUT2D eigenvalue weighted by atomic mass is 32.1. The molecule has 0 heterocycles. The maximum Gasteiger partial charge on any atom is 0.573 e. The Labute approximate surface area is 122 Å². The number of alkyl halides is 3. The van der Waals surface area contributed by atoms with Gasteiger partial charge in [-0.1, -0.05) is 0 Å². The molecule has 1 aromatic carbocycles. The number of hydroxylamine groups is 1. The predicted octanol–water partition coefficient (Wildman–Crippen LogP) is 1.12. The van der Waals surface area contributed by atoms with Crippen LogP contribution in [0.4, 0.5) is 13.2 Å². The fourth-order valence-electron chi connectivity index (χ4n) is 1.32. The third-order valence-electron chi connectivity index (χ3n) is 2.26. The molecule has 0 saturated heterocycles. The average Bonchev–Trinajstić information content (AvgIpc) is 2.42. The van der Waals surface area contributed by atoms with Gasteiger partial charge in [-0.2, -0.15) is 12.6 Å². The van der Waals surface area contributed by atoms with E-state index in [9.17, 15) is 22.8 Å². The molecule has 3 N–H and O–H groups in total. The number of carbonyl (C=O) groups excluding carboxylic acids is 2. The lowest BCUT2D eigenvalue weighted by atomic mass is 10.2. The third kappa shape index (κ3) is 5.52. The van der Waals surface area contributed by atoms with Crippen molar-refractivity contribution in [3.63, 3.8) is 0 Å². The van der Waals surface area contributed by atoms with Crippen LogP contribution >= 0.6 is 12.6 Å². The van der Waals surface area contributed by atoms with E-state index in [4.69, 9.17) is 5.21 Å². The molecule has 0 aliphatic heterocycles. The second-order valence-electron chi connectivity index (χ2n) is 3.76. The first-order chi connectivity index (χ1) is 9.76. The number of ether oxygens (including phenoxy) is 1. The maximum atomic E-state index is 12.0. The van der Waals surface area contributed by atoms with Crippen molar-refractivity contribution in [1.29, 1.82) is 0 Å². The van der Waals surface area contributed by atoms with Gasteiger partial charge in [0.2, 0.25) is 0 Å². The third-order valence-corrected chi connectivity index (χ3v) is 2.63. The van der Waals surface area contributed by atoms with E-state index in [0.29, 0.717) is 0 Å². The van der Waals surface area contributed by atoms with E-state index >= 15 is 0 Å². The number of nitrogens with one attached hydrogen (secondary N) is 2. The number of thiol groups is 1. The smallest absolute Gasteiger partial charge is 0.406 e. The number of carbonyl (C=O) groups is 2. The lowest BCUT2D eigenvalue weighted by Gasteiger charge is -2.14. The highest BCUT2D eigenvalue weighted by molar-refractivity contribution is 7.80. The van der Waals surface area contributed by atoms with Crippen molar-refractivity contribution in [2.45, 2.75) is 12.4 Å². The number of amides is 2. The largest absolute Gasteiger partial charge is 0.573 e. The van der Waals surface area contributed by atoms with E-state index in [2.05, 4.69) is 22.7 Å². The summed E-state index contributed by atoms with van der Waals surface area (Å²) in [5, 5.41) is 10.7. The van der Waals surface area contributed by atoms with Crippen LogP contribution in [0.25, 0.3) is 0 Å². The molecule has 10 heteroatoms. The molecule has 1 aromatic rings. The lowest BCUT2D eigenvalue weighted by Crippen LogP contribution is -2.47. The molecule has 0 aromatic heterocycles. The Morgan fingerprint density at radius 1 is 1.29 bits per heavy atom. The van der Waals surface area contributed by atoms with Crippen LogP contribution in [0.15, 0.2) is 24.3 Å². The lowest BCUT2D eigenvalue weighted by molar-refractivity contribution is -0.274. The molecule has 0 aliphatic carbocycles. The van der Waals surface area contributed by atoms with E-state index < -0.39 is 30.0 Å². The molecule has 0 saturated carbocycles. The molecule has 1 atom stereocenters. The second kappa shape index (κ2) is 7.18. The molecule has 0 fully saturated rings. The summed E-state index contributed by atoms with van der Waals surface area (Å²) in [5.74, 6) is -2.13. The number of benzene rings is 1. The predicted molar refractivity (Wildman–Crippen MR) is 68.2 cm³/mol. The molecule has 1 unspecified atom stereocenters. The number of halogens is 3. The highest BCUT2D eigenvalue weighted by Gasteiger charge is 2.31. The number of hydrogen-bond donors (Lipinski definition) is 4. The monoisotopic (exact) mass is 324 g/mol. The van der Waals surface area contributed by atoms with Gasteiger partial charge in [-0.15, -0.1) is 13.2 Å². The minimum absolute atomic E-state index is 0.0158. The van der Waals surface area contributed by atoms with Crippen LogP contribution in [0.1, 0.15) is 10.4 Å². The molecule has 21 heavy (non-hydrogen) atoms. The first-order valence-corrected chi connectivity index (χ1v) is 6.11. The van der Waals surface area contributed by atoms with Crippen molar-refractivity contribution in [2.75, 3.05) is 5.75 Å². The molecular weight excluding hydrogens is 313 g/mol. The molecular formula is C11H11F3N2O4S. The highest BCUT2D eigenvalue weighted by Crippen LogP contribution is 2.22. The van der Waals surface area contributed by atoms with Gasteiger partial charge in [0.05, 0.1) is 0 Å². The normalized spacial score (nSPS) is 12.4. The average molecular weight is 324 g/mol. The van der Waals surface area contributed by atoms with Crippen LogP contribution < -0.4 is 15.5 Å². The molecule has 6 nitrogen and oxygen atoms in total. The number of hydrogen-bond acceptors (Lipinski definition) is 5. The number of rotatable bonds is 5. The summed E-state index contributed by atoms with van der Waals surface area (Å²) < 4.78 is 39.6. The Morgan fingerprint density at radius 2 is 1.86 bits per heavy atom. The van der Waals surface area contributed by atoms with Gasteiger partial charge in [-0.05, 0) is 24.3 Å². The van der Waals surface area contributed by atoms with Crippen molar-refractivity contribution < 1.29 is 32.7 Å². The van der Waals surface area contributed by atoms with Crippen molar-refractivity contribution in [1.82, 2.24) is 10.8 Å². The molecule has 2 amide bonds. The van der Waals surface area contributed by atoms with Crippen LogP contribution in [-0.2, 0) is 4.79 Å².